The highest BCUT2D eigenvalue weighted by Crippen LogP contribution is 2.19. The van der Waals surface area contributed by atoms with Gasteiger partial charge in [0.15, 0.2) is 0 Å². The molecule has 1 N–H and O–H groups in total. The van der Waals surface area contributed by atoms with Crippen molar-refractivity contribution in [1.29, 1.82) is 0 Å². The average Bonchev–Trinajstić information content (AvgIpc) is 3.00. The number of likely N-dealkylation sites (N-methyl/N-ethyl adjacent to an activating group) is 1. The molecule has 0 aliphatic carbocycles. The van der Waals surface area contributed by atoms with Gasteiger partial charge in [-0.15, -0.1) is 0 Å². The minimum atomic E-state index is -0.978. The summed E-state index contributed by atoms with van der Waals surface area (Å²) in [5, 5.41) is 9.26. The fourth-order valence-corrected chi connectivity index (χ4v) is 4.14. The summed E-state index contributed by atoms with van der Waals surface area (Å²) < 4.78 is 1.44. The number of piperazine rings is 1. The second-order valence-corrected chi connectivity index (χ2v) is 7.82. The van der Waals surface area contributed by atoms with E-state index in [1.807, 2.05) is 4.90 Å². The largest absolute Gasteiger partial charge is 0.480 e. The first-order chi connectivity index (χ1) is 12.9. The fourth-order valence-electron chi connectivity index (χ4n) is 3.94. The molecule has 0 unspecified atom stereocenters. The van der Waals surface area contributed by atoms with E-state index < -0.39 is 5.97 Å². The molecule has 2 aliphatic rings. The second-order valence-electron chi connectivity index (χ2n) is 7.43. The van der Waals surface area contributed by atoms with Crippen LogP contribution in [0.3, 0.4) is 0 Å². The SMILES string of the molecule is CN1CCN(C2CCN(C(=O)CCc3ncc(Cl)n3CC(=O)O)CC2)CC1. The van der Waals surface area contributed by atoms with E-state index in [-0.39, 0.29) is 17.6 Å². The Balaban J connectivity index is 1.45. The number of piperidine rings is 1. The molecule has 0 atom stereocenters. The third kappa shape index (κ3) is 5.21. The molecule has 0 aromatic carbocycles. The number of likely N-dealkylation sites (tertiary alicyclic amines) is 1. The number of carbonyl (C=O) groups excluding carboxylic acids is 1. The number of nitrogens with zero attached hydrogens (tertiary/aromatic N) is 5. The normalized spacial score (nSPS) is 20.1. The number of aryl methyl sites for hydroxylation is 1. The summed E-state index contributed by atoms with van der Waals surface area (Å²) in [5.41, 5.74) is 0. The third-order valence-corrected chi connectivity index (χ3v) is 5.92. The molecule has 0 spiro atoms. The number of aromatic nitrogens is 2. The summed E-state index contributed by atoms with van der Waals surface area (Å²) in [6.45, 7) is 5.80. The molecule has 27 heavy (non-hydrogen) atoms. The lowest BCUT2D eigenvalue weighted by Gasteiger charge is -2.42. The summed E-state index contributed by atoms with van der Waals surface area (Å²) in [6, 6.07) is 0.580. The van der Waals surface area contributed by atoms with Crippen LogP contribution in [0.15, 0.2) is 6.20 Å². The van der Waals surface area contributed by atoms with Crippen molar-refractivity contribution in [2.24, 2.45) is 0 Å². The van der Waals surface area contributed by atoms with Gasteiger partial charge in [-0.1, -0.05) is 11.6 Å². The summed E-state index contributed by atoms with van der Waals surface area (Å²) in [6.07, 6.45) is 4.21. The lowest BCUT2D eigenvalue weighted by Crippen LogP contribution is -2.53. The molecule has 2 saturated heterocycles. The van der Waals surface area contributed by atoms with Crippen molar-refractivity contribution in [2.75, 3.05) is 46.3 Å². The molecule has 1 aromatic heterocycles. The minimum Gasteiger partial charge on any atom is -0.480 e. The van der Waals surface area contributed by atoms with E-state index in [0.717, 1.165) is 52.1 Å². The van der Waals surface area contributed by atoms with Crippen LogP contribution < -0.4 is 0 Å². The molecule has 8 nitrogen and oxygen atoms in total. The predicted molar refractivity (Wildman–Crippen MR) is 102 cm³/mol. The van der Waals surface area contributed by atoms with E-state index in [1.165, 1.54) is 10.8 Å². The van der Waals surface area contributed by atoms with Crippen LogP contribution >= 0.6 is 11.6 Å². The number of amides is 1. The minimum absolute atomic E-state index is 0.104. The molecule has 2 aliphatic heterocycles. The first-order valence-corrected chi connectivity index (χ1v) is 9.94. The van der Waals surface area contributed by atoms with Gasteiger partial charge < -0.3 is 19.5 Å². The third-order valence-electron chi connectivity index (χ3n) is 5.62. The Labute approximate surface area is 164 Å². The first-order valence-electron chi connectivity index (χ1n) is 9.56. The van der Waals surface area contributed by atoms with Gasteiger partial charge in [-0.05, 0) is 19.9 Å². The number of hydrogen-bond donors (Lipinski definition) is 1. The second kappa shape index (κ2) is 9.03. The van der Waals surface area contributed by atoms with Crippen LogP contribution in [0.25, 0.3) is 0 Å². The lowest BCUT2D eigenvalue weighted by molar-refractivity contribution is -0.137. The van der Waals surface area contributed by atoms with Crippen LogP contribution in [-0.2, 0) is 22.6 Å². The number of imidazole rings is 1. The quantitative estimate of drug-likeness (QED) is 0.764. The van der Waals surface area contributed by atoms with Gasteiger partial charge in [0, 0.05) is 58.2 Å². The van der Waals surface area contributed by atoms with Gasteiger partial charge >= 0.3 is 5.97 Å². The van der Waals surface area contributed by atoms with Crippen LogP contribution in [0, 0.1) is 0 Å². The zero-order valence-electron chi connectivity index (χ0n) is 15.8. The highest BCUT2D eigenvalue weighted by atomic mass is 35.5. The van der Waals surface area contributed by atoms with Crippen molar-refractivity contribution in [3.8, 4) is 0 Å². The summed E-state index contributed by atoms with van der Waals surface area (Å²) >= 11 is 5.99. The van der Waals surface area contributed by atoms with E-state index in [0.29, 0.717) is 24.7 Å². The number of hydrogen-bond acceptors (Lipinski definition) is 5. The maximum atomic E-state index is 12.6. The molecule has 1 amide bonds. The van der Waals surface area contributed by atoms with Gasteiger partial charge in [-0.3, -0.25) is 14.5 Å². The molecular formula is C18H28ClN5O3. The Kier molecular flexibility index (Phi) is 6.73. The number of carboxylic acid groups (broad SMARTS) is 1. The van der Waals surface area contributed by atoms with Crippen LogP contribution in [0.2, 0.25) is 5.15 Å². The Morgan fingerprint density at radius 2 is 1.85 bits per heavy atom. The van der Waals surface area contributed by atoms with E-state index in [4.69, 9.17) is 16.7 Å². The van der Waals surface area contributed by atoms with E-state index in [1.54, 1.807) is 0 Å². The maximum Gasteiger partial charge on any atom is 0.323 e. The highest BCUT2D eigenvalue weighted by molar-refractivity contribution is 6.29. The lowest BCUT2D eigenvalue weighted by atomic mass is 10.0. The molecule has 0 radical (unpaired) electrons. The zero-order valence-corrected chi connectivity index (χ0v) is 16.6. The number of rotatable bonds is 6. The Bertz CT molecular complexity index is 664. The molecule has 3 rings (SSSR count). The standard InChI is InChI=1S/C18H28ClN5O3/c1-21-8-10-22(11-9-21)14-4-6-23(7-5-14)17(25)3-2-16-20-12-15(19)24(16)13-18(26)27/h12,14H,2-11,13H2,1H3,(H,26,27). The van der Waals surface area contributed by atoms with Crippen molar-refractivity contribution in [3.05, 3.63) is 17.2 Å². The molecule has 1 aromatic rings. The van der Waals surface area contributed by atoms with Crippen molar-refractivity contribution in [3.63, 3.8) is 0 Å². The zero-order chi connectivity index (χ0) is 19.4. The van der Waals surface area contributed by atoms with Gasteiger partial charge in [0.2, 0.25) is 5.91 Å². The molecular weight excluding hydrogens is 370 g/mol. The maximum absolute atomic E-state index is 12.6. The Morgan fingerprint density at radius 1 is 1.19 bits per heavy atom. The van der Waals surface area contributed by atoms with Crippen molar-refractivity contribution in [1.82, 2.24) is 24.3 Å². The number of halogens is 1. The summed E-state index contributed by atoms with van der Waals surface area (Å²) in [5.74, 6) is -0.329. The number of aliphatic carboxylic acids is 1. The monoisotopic (exact) mass is 397 g/mol. The van der Waals surface area contributed by atoms with E-state index in [2.05, 4.69) is 21.8 Å². The topological polar surface area (TPSA) is 81.9 Å². The smallest absolute Gasteiger partial charge is 0.323 e. The van der Waals surface area contributed by atoms with Crippen LogP contribution in [0.1, 0.15) is 25.1 Å². The van der Waals surface area contributed by atoms with Gasteiger partial charge in [0.05, 0.1) is 6.20 Å². The number of carbonyl (C=O) groups is 2. The fraction of sp³-hybridized carbons (Fsp3) is 0.722. The van der Waals surface area contributed by atoms with Gasteiger partial charge in [0.25, 0.3) is 0 Å². The van der Waals surface area contributed by atoms with Crippen LogP contribution in [0.5, 0.6) is 0 Å². The van der Waals surface area contributed by atoms with Crippen LogP contribution in [0.4, 0.5) is 0 Å². The average molecular weight is 398 g/mol. The summed E-state index contributed by atoms with van der Waals surface area (Å²) in [4.78, 5) is 34.5. The summed E-state index contributed by atoms with van der Waals surface area (Å²) in [7, 11) is 2.16. The molecule has 0 bridgehead atoms. The number of carboxylic acids is 1. The van der Waals surface area contributed by atoms with E-state index >= 15 is 0 Å². The van der Waals surface area contributed by atoms with Gasteiger partial charge in [0.1, 0.15) is 17.5 Å². The molecule has 150 valence electrons. The first kappa shape index (κ1) is 20.1. The van der Waals surface area contributed by atoms with Crippen molar-refractivity contribution in [2.45, 2.75) is 38.3 Å². The van der Waals surface area contributed by atoms with Gasteiger partial charge in [-0.2, -0.15) is 0 Å². The molecule has 9 heteroatoms. The molecule has 3 heterocycles. The molecule has 2 fully saturated rings. The molecule has 0 saturated carbocycles. The van der Waals surface area contributed by atoms with E-state index in [9.17, 15) is 9.59 Å². The van der Waals surface area contributed by atoms with Crippen molar-refractivity contribution < 1.29 is 14.7 Å². The van der Waals surface area contributed by atoms with Crippen LogP contribution in [-0.4, -0.2) is 93.6 Å². The predicted octanol–water partition coefficient (Wildman–Crippen LogP) is 0.792. The van der Waals surface area contributed by atoms with Crippen molar-refractivity contribution >= 4 is 23.5 Å². The Hall–Kier alpha value is -1.64. The highest BCUT2D eigenvalue weighted by Gasteiger charge is 2.28. The van der Waals surface area contributed by atoms with Gasteiger partial charge in [-0.25, -0.2) is 4.98 Å². The Morgan fingerprint density at radius 3 is 2.48 bits per heavy atom.